The fraction of sp³-hybridized carbons (Fsp3) is 0.714. The Morgan fingerprint density at radius 2 is 2.33 bits per heavy atom. The molecule has 21 heavy (non-hydrogen) atoms. The van der Waals surface area contributed by atoms with Crippen LogP contribution < -0.4 is 0 Å². The van der Waals surface area contributed by atoms with Gasteiger partial charge in [0.2, 0.25) is 0 Å². The predicted octanol–water partition coefficient (Wildman–Crippen LogP) is 3.71. The maximum absolute atomic E-state index is 12.1. The number of aromatic nitrogens is 1. The summed E-state index contributed by atoms with van der Waals surface area (Å²) in [4.78, 5) is 18.9. The van der Waals surface area contributed by atoms with Gasteiger partial charge in [0.05, 0.1) is 24.1 Å². The number of likely N-dealkylation sites (tertiary alicyclic amines) is 1. The SMILES string of the molecule is CC(C)(C)OC(=O)N1CCC[C@H]1COCc1cnc(Cl)s1. The summed E-state index contributed by atoms with van der Waals surface area (Å²) in [5.74, 6) is 0. The molecule has 1 aliphatic rings. The van der Waals surface area contributed by atoms with E-state index in [1.54, 1.807) is 11.1 Å². The second-order valence-electron chi connectivity index (χ2n) is 6.06. The zero-order valence-corrected chi connectivity index (χ0v) is 14.2. The normalized spacial score (nSPS) is 19.0. The molecule has 0 spiro atoms. The molecule has 0 aromatic carbocycles. The first-order chi connectivity index (χ1) is 9.85. The lowest BCUT2D eigenvalue weighted by Crippen LogP contribution is -2.41. The van der Waals surface area contributed by atoms with Gasteiger partial charge in [0, 0.05) is 12.7 Å². The van der Waals surface area contributed by atoms with Crippen molar-refractivity contribution in [2.45, 2.75) is 51.9 Å². The van der Waals surface area contributed by atoms with Gasteiger partial charge in [-0.3, -0.25) is 0 Å². The van der Waals surface area contributed by atoms with Crippen LogP contribution in [0.3, 0.4) is 0 Å². The van der Waals surface area contributed by atoms with Crippen molar-refractivity contribution in [3.63, 3.8) is 0 Å². The lowest BCUT2D eigenvalue weighted by atomic mass is 10.2. The van der Waals surface area contributed by atoms with E-state index in [4.69, 9.17) is 21.1 Å². The van der Waals surface area contributed by atoms with Crippen LogP contribution in [-0.4, -0.2) is 40.8 Å². The molecule has 1 fully saturated rings. The van der Waals surface area contributed by atoms with Gasteiger partial charge in [-0.1, -0.05) is 11.6 Å². The van der Waals surface area contributed by atoms with Crippen molar-refractivity contribution in [1.29, 1.82) is 0 Å². The Bertz CT molecular complexity index is 487. The van der Waals surface area contributed by atoms with Crippen molar-refractivity contribution in [2.24, 2.45) is 0 Å². The fourth-order valence-electron chi connectivity index (χ4n) is 2.22. The number of rotatable bonds is 4. The lowest BCUT2D eigenvalue weighted by molar-refractivity contribution is 0.00904. The molecule has 1 aromatic rings. The Labute approximate surface area is 134 Å². The van der Waals surface area contributed by atoms with Crippen LogP contribution in [-0.2, 0) is 16.1 Å². The number of thiazole rings is 1. The summed E-state index contributed by atoms with van der Waals surface area (Å²) in [5, 5.41) is 0. The minimum Gasteiger partial charge on any atom is -0.444 e. The number of carbonyl (C=O) groups excluding carboxylic acids is 1. The monoisotopic (exact) mass is 332 g/mol. The molecule has 1 saturated heterocycles. The molecular formula is C14H21ClN2O3S. The summed E-state index contributed by atoms with van der Waals surface area (Å²) in [6, 6.07) is 0.0863. The molecule has 0 bridgehead atoms. The van der Waals surface area contributed by atoms with Crippen LogP contribution >= 0.6 is 22.9 Å². The quantitative estimate of drug-likeness (QED) is 0.843. The number of carbonyl (C=O) groups is 1. The van der Waals surface area contributed by atoms with E-state index in [0.717, 1.165) is 24.3 Å². The number of ether oxygens (including phenoxy) is 2. The van der Waals surface area contributed by atoms with E-state index in [9.17, 15) is 4.79 Å². The molecule has 1 aliphatic heterocycles. The molecule has 7 heteroatoms. The average molecular weight is 333 g/mol. The molecule has 0 aliphatic carbocycles. The van der Waals surface area contributed by atoms with Crippen molar-refractivity contribution in [1.82, 2.24) is 9.88 Å². The van der Waals surface area contributed by atoms with Gasteiger partial charge in [0.1, 0.15) is 5.60 Å². The number of amides is 1. The number of nitrogens with zero attached hydrogens (tertiary/aromatic N) is 2. The first-order valence-corrected chi connectivity index (χ1v) is 8.22. The van der Waals surface area contributed by atoms with Crippen LogP contribution in [0, 0.1) is 0 Å². The molecule has 2 heterocycles. The van der Waals surface area contributed by atoms with E-state index in [0.29, 0.717) is 17.7 Å². The fourth-order valence-corrected chi connectivity index (χ4v) is 3.13. The smallest absolute Gasteiger partial charge is 0.410 e. The van der Waals surface area contributed by atoms with Crippen molar-refractivity contribution in [3.8, 4) is 0 Å². The standard InChI is InChI=1S/C14H21ClN2O3S/c1-14(2,3)20-13(18)17-6-4-5-10(17)8-19-9-11-7-16-12(15)21-11/h7,10H,4-6,8-9H2,1-3H3/t10-/m0/s1. The second-order valence-corrected chi connectivity index (χ2v) is 7.76. The molecule has 1 amide bonds. The van der Waals surface area contributed by atoms with Crippen LogP contribution in [0.2, 0.25) is 4.47 Å². The number of hydrogen-bond donors (Lipinski definition) is 0. The third-order valence-corrected chi connectivity index (χ3v) is 4.17. The predicted molar refractivity (Wildman–Crippen MR) is 82.7 cm³/mol. The third-order valence-electron chi connectivity index (χ3n) is 3.09. The van der Waals surface area contributed by atoms with Crippen molar-refractivity contribution < 1.29 is 14.3 Å². The molecular weight excluding hydrogens is 312 g/mol. The Kier molecular flexibility index (Phi) is 5.46. The Morgan fingerprint density at radius 1 is 1.57 bits per heavy atom. The summed E-state index contributed by atoms with van der Waals surface area (Å²) < 4.78 is 11.6. The first kappa shape index (κ1) is 16.5. The van der Waals surface area contributed by atoms with Crippen LogP contribution in [0.1, 0.15) is 38.5 Å². The van der Waals surface area contributed by atoms with E-state index in [1.807, 2.05) is 20.8 Å². The third kappa shape index (κ3) is 5.13. The van der Waals surface area contributed by atoms with Crippen LogP contribution in [0.5, 0.6) is 0 Å². The molecule has 1 atom stereocenters. The highest BCUT2D eigenvalue weighted by molar-refractivity contribution is 7.15. The second kappa shape index (κ2) is 6.94. The summed E-state index contributed by atoms with van der Waals surface area (Å²) >= 11 is 7.18. The van der Waals surface area contributed by atoms with Gasteiger partial charge in [-0.05, 0) is 33.6 Å². The molecule has 2 rings (SSSR count). The van der Waals surface area contributed by atoms with Crippen molar-refractivity contribution >= 4 is 29.0 Å². The van der Waals surface area contributed by atoms with Gasteiger partial charge in [0.15, 0.2) is 4.47 Å². The molecule has 1 aromatic heterocycles. The van der Waals surface area contributed by atoms with E-state index in [-0.39, 0.29) is 12.1 Å². The summed E-state index contributed by atoms with van der Waals surface area (Å²) in [7, 11) is 0. The highest BCUT2D eigenvalue weighted by atomic mass is 35.5. The molecule has 5 nitrogen and oxygen atoms in total. The molecule has 0 unspecified atom stereocenters. The number of halogens is 1. The minimum atomic E-state index is -0.468. The lowest BCUT2D eigenvalue weighted by Gasteiger charge is -2.28. The Morgan fingerprint density at radius 3 is 2.95 bits per heavy atom. The summed E-state index contributed by atoms with van der Waals surface area (Å²) in [5.41, 5.74) is -0.468. The van der Waals surface area contributed by atoms with Crippen LogP contribution in [0.15, 0.2) is 6.20 Å². The topological polar surface area (TPSA) is 51.7 Å². The number of hydrogen-bond acceptors (Lipinski definition) is 5. The zero-order chi connectivity index (χ0) is 15.5. The van der Waals surface area contributed by atoms with Crippen molar-refractivity contribution in [2.75, 3.05) is 13.2 Å². The first-order valence-electron chi connectivity index (χ1n) is 7.03. The van der Waals surface area contributed by atoms with Gasteiger partial charge in [-0.15, -0.1) is 11.3 Å². The van der Waals surface area contributed by atoms with Gasteiger partial charge in [0.25, 0.3) is 0 Å². The molecule has 0 radical (unpaired) electrons. The maximum Gasteiger partial charge on any atom is 0.410 e. The van der Waals surface area contributed by atoms with Gasteiger partial charge in [-0.2, -0.15) is 0 Å². The Hall–Kier alpha value is -0.850. The summed E-state index contributed by atoms with van der Waals surface area (Å²) in [6.45, 7) is 7.34. The molecule has 0 saturated carbocycles. The highest BCUT2D eigenvalue weighted by Gasteiger charge is 2.32. The van der Waals surface area contributed by atoms with E-state index in [1.165, 1.54) is 11.3 Å². The largest absolute Gasteiger partial charge is 0.444 e. The molecule has 118 valence electrons. The van der Waals surface area contributed by atoms with E-state index < -0.39 is 5.60 Å². The van der Waals surface area contributed by atoms with E-state index in [2.05, 4.69) is 4.98 Å². The Balaban J connectivity index is 1.80. The maximum atomic E-state index is 12.1. The minimum absolute atomic E-state index is 0.0863. The van der Waals surface area contributed by atoms with Crippen LogP contribution in [0.4, 0.5) is 4.79 Å². The average Bonchev–Trinajstić information content (AvgIpc) is 2.96. The zero-order valence-electron chi connectivity index (χ0n) is 12.6. The van der Waals surface area contributed by atoms with Gasteiger partial charge < -0.3 is 14.4 Å². The van der Waals surface area contributed by atoms with E-state index >= 15 is 0 Å². The van der Waals surface area contributed by atoms with Gasteiger partial charge in [-0.25, -0.2) is 9.78 Å². The van der Waals surface area contributed by atoms with Gasteiger partial charge >= 0.3 is 6.09 Å². The summed E-state index contributed by atoms with van der Waals surface area (Å²) in [6.07, 6.45) is 3.39. The highest BCUT2D eigenvalue weighted by Crippen LogP contribution is 2.22. The van der Waals surface area contributed by atoms with Crippen LogP contribution in [0.25, 0.3) is 0 Å². The van der Waals surface area contributed by atoms with Crippen molar-refractivity contribution in [3.05, 3.63) is 15.5 Å². The molecule has 0 N–H and O–H groups in total.